The van der Waals surface area contributed by atoms with E-state index in [2.05, 4.69) is 12.1 Å². The van der Waals surface area contributed by atoms with Gasteiger partial charge in [0.1, 0.15) is 5.75 Å². The molecule has 0 unspecified atom stereocenters. The molecule has 0 fully saturated rings. The fourth-order valence-corrected chi connectivity index (χ4v) is 4.49. The summed E-state index contributed by atoms with van der Waals surface area (Å²) in [5.41, 5.74) is 2.73. The maximum atomic E-state index is 11.8. The van der Waals surface area contributed by atoms with Gasteiger partial charge in [-0.15, -0.1) is 0 Å². The monoisotopic (exact) mass is 524 g/mol. The van der Waals surface area contributed by atoms with Crippen LogP contribution in [-0.2, 0) is 14.3 Å². The molecule has 0 aromatic heterocycles. The van der Waals surface area contributed by atoms with E-state index in [1.165, 1.54) is 84.0 Å². The summed E-state index contributed by atoms with van der Waals surface area (Å²) in [5.74, 6) is 0.446. The Bertz CT molecular complexity index is 889. The van der Waals surface area contributed by atoms with Gasteiger partial charge in [0, 0.05) is 6.92 Å². The van der Waals surface area contributed by atoms with Crippen molar-refractivity contribution in [3.63, 3.8) is 0 Å². The fourth-order valence-electron chi connectivity index (χ4n) is 4.49. The van der Waals surface area contributed by atoms with Crippen molar-refractivity contribution in [2.45, 2.75) is 104 Å². The van der Waals surface area contributed by atoms with E-state index in [0.29, 0.717) is 18.8 Å². The van der Waals surface area contributed by atoms with Crippen LogP contribution in [0.4, 0.5) is 0 Å². The minimum atomic E-state index is -0.285. The highest BCUT2D eigenvalue weighted by Crippen LogP contribution is 2.23. The molecular formula is C33H48O5. The van der Waals surface area contributed by atoms with Crippen LogP contribution in [0.2, 0.25) is 0 Å². The summed E-state index contributed by atoms with van der Waals surface area (Å²) in [6.07, 6.45) is 17.8. The van der Waals surface area contributed by atoms with Gasteiger partial charge in [-0.3, -0.25) is 4.79 Å². The molecule has 38 heavy (non-hydrogen) atoms. The zero-order chi connectivity index (χ0) is 27.3. The summed E-state index contributed by atoms with van der Waals surface area (Å²) in [4.78, 5) is 22.5. The van der Waals surface area contributed by atoms with Gasteiger partial charge >= 0.3 is 11.9 Å². The molecule has 0 radical (unpaired) electrons. The number of carbonyl (C=O) groups is 2. The predicted molar refractivity (Wildman–Crippen MR) is 155 cm³/mol. The van der Waals surface area contributed by atoms with Gasteiger partial charge in [-0.25, -0.2) is 4.79 Å². The van der Waals surface area contributed by atoms with E-state index in [4.69, 9.17) is 14.2 Å². The molecule has 0 amide bonds. The summed E-state index contributed by atoms with van der Waals surface area (Å²) < 4.78 is 15.9. The summed E-state index contributed by atoms with van der Waals surface area (Å²) in [6, 6.07) is 15.6. The summed E-state index contributed by atoms with van der Waals surface area (Å²) in [5, 5.41) is 0. The minimum Gasteiger partial charge on any atom is -0.494 e. The molecule has 0 aliphatic heterocycles. The lowest BCUT2D eigenvalue weighted by Crippen LogP contribution is -2.03. The molecule has 0 atom stereocenters. The van der Waals surface area contributed by atoms with Crippen molar-refractivity contribution in [1.29, 1.82) is 0 Å². The Balaban J connectivity index is 1.41. The quantitative estimate of drug-likeness (QED) is 0.120. The van der Waals surface area contributed by atoms with Gasteiger partial charge in [0.05, 0.1) is 25.4 Å². The minimum absolute atomic E-state index is 0.170. The normalized spacial score (nSPS) is 10.8. The Labute approximate surface area is 230 Å². The van der Waals surface area contributed by atoms with Crippen LogP contribution in [0.15, 0.2) is 48.5 Å². The van der Waals surface area contributed by atoms with Crippen LogP contribution >= 0.6 is 0 Å². The first kappa shape index (κ1) is 31.4. The van der Waals surface area contributed by atoms with Gasteiger partial charge in [0.15, 0.2) is 0 Å². The highest BCUT2D eigenvalue weighted by Gasteiger charge is 2.06. The molecule has 5 nitrogen and oxygen atoms in total. The van der Waals surface area contributed by atoms with Gasteiger partial charge in [0.2, 0.25) is 0 Å². The molecule has 5 heteroatoms. The number of hydrogen-bond donors (Lipinski definition) is 0. The van der Waals surface area contributed by atoms with Crippen molar-refractivity contribution in [1.82, 2.24) is 0 Å². The van der Waals surface area contributed by atoms with Crippen molar-refractivity contribution in [2.75, 3.05) is 19.8 Å². The van der Waals surface area contributed by atoms with E-state index in [1.807, 2.05) is 31.2 Å². The van der Waals surface area contributed by atoms with Gasteiger partial charge in [0.25, 0.3) is 0 Å². The number of carbonyl (C=O) groups excluding carboxylic acids is 2. The number of benzene rings is 2. The lowest BCUT2D eigenvalue weighted by Gasteiger charge is -2.08. The Morgan fingerprint density at radius 1 is 0.553 bits per heavy atom. The van der Waals surface area contributed by atoms with E-state index in [0.717, 1.165) is 36.3 Å². The van der Waals surface area contributed by atoms with E-state index in [1.54, 1.807) is 12.1 Å². The SMILES string of the molecule is CCOC(=O)c1ccc(-c2ccc(OCCCCCCCCCCCCCCCCOC(C)=O)cc2)cc1. The molecule has 0 saturated carbocycles. The van der Waals surface area contributed by atoms with Crippen molar-refractivity contribution in [3.8, 4) is 16.9 Å². The first-order valence-corrected chi connectivity index (χ1v) is 14.7. The molecule has 2 aromatic carbocycles. The van der Waals surface area contributed by atoms with Crippen LogP contribution in [0, 0.1) is 0 Å². The van der Waals surface area contributed by atoms with Crippen molar-refractivity contribution in [3.05, 3.63) is 54.1 Å². The van der Waals surface area contributed by atoms with Gasteiger partial charge in [-0.1, -0.05) is 101 Å². The highest BCUT2D eigenvalue weighted by molar-refractivity contribution is 5.90. The smallest absolute Gasteiger partial charge is 0.338 e. The van der Waals surface area contributed by atoms with Crippen LogP contribution in [0.3, 0.4) is 0 Å². The molecule has 2 aromatic rings. The average molecular weight is 525 g/mol. The topological polar surface area (TPSA) is 61.8 Å². The lowest BCUT2D eigenvalue weighted by molar-refractivity contribution is -0.141. The first-order chi connectivity index (χ1) is 18.6. The number of esters is 2. The maximum Gasteiger partial charge on any atom is 0.338 e. The molecule has 0 aliphatic carbocycles. The Morgan fingerprint density at radius 3 is 1.42 bits per heavy atom. The lowest BCUT2D eigenvalue weighted by atomic mass is 10.0. The number of hydrogen-bond acceptors (Lipinski definition) is 5. The summed E-state index contributed by atoms with van der Waals surface area (Å²) in [7, 11) is 0. The molecular weight excluding hydrogens is 476 g/mol. The third-order valence-electron chi connectivity index (χ3n) is 6.70. The third-order valence-corrected chi connectivity index (χ3v) is 6.70. The zero-order valence-corrected chi connectivity index (χ0v) is 23.7. The van der Waals surface area contributed by atoms with Crippen LogP contribution in [0.25, 0.3) is 11.1 Å². The van der Waals surface area contributed by atoms with Crippen molar-refractivity contribution >= 4 is 11.9 Å². The van der Waals surface area contributed by atoms with Crippen molar-refractivity contribution in [2.24, 2.45) is 0 Å². The van der Waals surface area contributed by atoms with Gasteiger partial charge < -0.3 is 14.2 Å². The number of ether oxygens (including phenoxy) is 3. The van der Waals surface area contributed by atoms with Crippen LogP contribution in [0.1, 0.15) is 114 Å². The van der Waals surface area contributed by atoms with Gasteiger partial charge in [-0.05, 0) is 55.2 Å². The molecule has 2 rings (SSSR count). The van der Waals surface area contributed by atoms with E-state index in [-0.39, 0.29) is 11.9 Å². The first-order valence-electron chi connectivity index (χ1n) is 14.7. The van der Waals surface area contributed by atoms with E-state index < -0.39 is 0 Å². The number of rotatable bonds is 21. The average Bonchev–Trinajstić information content (AvgIpc) is 2.93. The van der Waals surface area contributed by atoms with Crippen LogP contribution in [-0.4, -0.2) is 31.8 Å². The maximum absolute atomic E-state index is 11.8. The second-order valence-electron chi connectivity index (χ2n) is 9.96. The molecule has 0 spiro atoms. The standard InChI is InChI=1S/C33H48O5/c1-3-36-33(35)31-20-18-29(19-21-31)30-22-24-32(25-23-30)38-27-17-15-13-11-9-7-5-4-6-8-10-12-14-16-26-37-28(2)34/h18-25H,3-17,26-27H2,1-2H3. The Kier molecular flexibility index (Phi) is 16.7. The highest BCUT2D eigenvalue weighted by atomic mass is 16.5. The second-order valence-corrected chi connectivity index (χ2v) is 9.96. The predicted octanol–water partition coefficient (Wildman–Crippen LogP) is 8.93. The summed E-state index contributed by atoms with van der Waals surface area (Å²) in [6.45, 7) is 5.00. The molecule has 0 bridgehead atoms. The third kappa shape index (κ3) is 14.2. The molecule has 210 valence electrons. The zero-order valence-electron chi connectivity index (χ0n) is 23.7. The fraction of sp³-hybridized carbons (Fsp3) is 0.576. The molecule has 0 N–H and O–H groups in total. The Hall–Kier alpha value is -2.82. The largest absolute Gasteiger partial charge is 0.494 e. The van der Waals surface area contributed by atoms with E-state index in [9.17, 15) is 9.59 Å². The Morgan fingerprint density at radius 2 is 0.974 bits per heavy atom. The summed E-state index contributed by atoms with van der Waals surface area (Å²) >= 11 is 0. The van der Waals surface area contributed by atoms with Crippen LogP contribution in [0.5, 0.6) is 5.75 Å². The van der Waals surface area contributed by atoms with Crippen molar-refractivity contribution < 1.29 is 23.8 Å². The van der Waals surface area contributed by atoms with Gasteiger partial charge in [-0.2, -0.15) is 0 Å². The van der Waals surface area contributed by atoms with Crippen LogP contribution < -0.4 is 4.74 Å². The number of unbranched alkanes of at least 4 members (excludes halogenated alkanes) is 13. The second kappa shape index (κ2) is 20.2. The molecule has 0 aliphatic rings. The van der Waals surface area contributed by atoms with E-state index >= 15 is 0 Å². The molecule has 0 heterocycles. The molecule has 0 saturated heterocycles.